The minimum absolute atomic E-state index is 0.407. The highest BCUT2D eigenvalue weighted by Crippen LogP contribution is 2.31. The van der Waals surface area contributed by atoms with Gasteiger partial charge in [0.2, 0.25) is 0 Å². The second-order valence-electron chi connectivity index (χ2n) is 5.40. The predicted octanol–water partition coefficient (Wildman–Crippen LogP) is 3.39. The lowest BCUT2D eigenvalue weighted by Crippen LogP contribution is -2.24. The molecule has 1 saturated carbocycles. The molecular formula is C15H22N2O. The minimum Gasteiger partial charge on any atom is -0.487 e. The number of pyridine rings is 1. The van der Waals surface area contributed by atoms with Gasteiger partial charge in [-0.2, -0.15) is 0 Å². The van der Waals surface area contributed by atoms with Crippen molar-refractivity contribution >= 4 is 5.82 Å². The van der Waals surface area contributed by atoms with E-state index in [0.717, 1.165) is 24.7 Å². The largest absolute Gasteiger partial charge is 0.487 e. The Morgan fingerprint density at radius 2 is 1.83 bits per heavy atom. The summed E-state index contributed by atoms with van der Waals surface area (Å²) >= 11 is 0. The van der Waals surface area contributed by atoms with E-state index in [1.54, 1.807) is 0 Å². The smallest absolute Gasteiger partial charge is 0.171 e. The molecule has 0 radical (unpaired) electrons. The third-order valence-electron chi connectivity index (χ3n) is 4.00. The van der Waals surface area contributed by atoms with Gasteiger partial charge in [-0.15, -0.1) is 0 Å². The van der Waals surface area contributed by atoms with Crippen LogP contribution in [0, 0.1) is 0 Å². The molecular weight excluding hydrogens is 224 g/mol. The van der Waals surface area contributed by atoms with Gasteiger partial charge in [0.15, 0.2) is 11.6 Å². The molecule has 1 aromatic heterocycles. The third-order valence-corrected chi connectivity index (χ3v) is 4.00. The molecule has 98 valence electrons. The fourth-order valence-corrected chi connectivity index (χ4v) is 3.00. The first-order valence-electron chi connectivity index (χ1n) is 7.30. The zero-order valence-corrected chi connectivity index (χ0v) is 11.0. The lowest BCUT2D eigenvalue weighted by molar-refractivity contribution is 0.155. The van der Waals surface area contributed by atoms with Crippen LogP contribution in [-0.2, 0) is 0 Å². The molecule has 18 heavy (non-hydrogen) atoms. The van der Waals surface area contributed by atoms with Crippen LogP contribution in [0.5, 0.6) is 5.75 Å². The van der Waals surface area contributed by atoms with Crippen molar-refractivity contribution in [3.05, 3.63) is 18.3 Å². The SMILES string of the molecule is c1cnc(N2CCCC2)c(OC2CCCCC2)c1. The molecule has 1 aromatic rings. The van der Waals surface area contributed by atoms with Crippen molar-refractivity contribution in [2.24, 2.45) is 0 Å². The Bertz CT molecular complexity index is 382. The highest BCUT2D eigenvalue weighted by atomic mass is 16.5. The van der Waals surface area contributed by atoms with Gasteiger partial charge in [-0.3, -0.25) is 0 Å². The quantitative estimate of drug-likeness (QED) is 0.817. The number of hydrogen-bond acceptors (Lipinski definition) is 3. The fourth-order valence-electron chi connectivity index (χ4n) is 3.00. The van der Waals surface area contributed by atoms with Crippen molar-refractivity contribution in [2.75, 3.05) is 18.0 Å². The number of ether oxygens (including phenoxy) is 1. The first kappa shape index (κ1) is 11.8. The van der Waals surface area contributed by atoms with Gasteiger partial charge in [-0.25, -0.2) is 4.98 Å². The van der Waals surface area contributed by atoms with Gasteiger partial charge in [0, 0.05) is 19.3 Å². The van der Waals surface area contributed by atoms with Crippen molar-refractivity contribution in [3.8, 4) is 5.75 Å². The maximum atomic E-state index is 6.19. The summed E-state index contributed by atoms with van der Waals surface area (Å²) in [5, 5.41) is 0. The number of hydrogen-bond donors (Lipinski definition) is 0. The fraction of sp³-hybridized carbons (Fsp3) is 0.667. The first-order chi connectivity index (χ1) is 8.93. The molecule has 2 fully saturated rings. The van der Waals surface area contributed by atoms with E-state index in [2.05, 4.69) is 16.0 Å². The number of nitrogens with zero attached hydrogens (tertiary/aromatic N) is 2. The van der Waals surface area contributed by atoms with Crippen LogP contribution < -0.4 is 9.64 Å². The van der Waals surface area contributed by atoms with Crippen molar-refractivity contribution in [2.45, 2.75) is 51.0 Å². The van der Waals surface area contributed by atoms with Gasteiger partial charge in [0.1, 0.15) is 0 Å². The Morgan fingerprint density at radius 3 is 2.61 bits per heavy atom. The Hall–Kier alpha value is -1.25. The maximum absolute atomic E-state index is 6.19. The number of rotatable bonds is 3. The monoisotopic (exact) mass is 246 g/mol. The normalized spacial score (nSPS) is 21.2. The predicted molar refractivity (Wildman–Crippen MR) is 73.2 cm³/mol. The van der Waals surface area contributed by atoms with E-state index in [1.807, 2.05) is 12.3 Å². The summed E-state index contributed by atoms with van der Waals surface area (Å²) in [6.45, 7) is 2.25. The number of anilines is 1. The maximum Gasteiger partial charge on any atom is 0.171 e. The summed E-state index contributed by atoms with van der Waals surface area (Å²) in [5.41, 5.74) is 0. The first-order valence-corrected chi connectivity index (χ1v) is 7.30. The molecule has 0 aromatic carbocycles. The molecule has 2 heterocycles. The van der Waals surface area contributed by atoms with Crippen molar-refractivity contribution < 1.29 is 4.74 Å². The van der Waals surface area contributed by atoms with Crippen LogP contribution in [0.15, 0.2) is 18.3 Å². The van der Waals surface area contributed by atoms with Crippen LogP contribution in [0.4, 0.5) is 5.82 Å². The van der Waals surface area contributed by atoms with Crippen molar-refractivity contribution in [1.29, 1.82) is 0 Å². The molecule has 1 saturated heterocycles. The molecule has 0 N–H and O–H groups in total. The second-order valence-corrected chi connectivity index (χ2v) is 5.40. The molecule has 3 rings (SSSR count). The van der Waals surface area contributed by atoms with Gasteiger partial charge in [-0.1, -0.05) is 6.42 Å². The van der Waals surface area contributed by atoms with Gasteiger partial charge < -0.3 is 9.64 Å². The standard InChI is InChI=1S/C15H22N2O/c1-2-7-13(8-3-1)18-14-9-6-10-16-15(14)17-11-4-5-12-17/h6,9-10,13H,1-5,7-8,11-12H2. The lowest BCUT2D eigenvalue weighted by Gasteiger charge is -2.26. The highest BCUT2D eigenvalue weighted by Gasteiger charge is 2.21. The van der Waals surface area contributed by atoms with Crippen LogP contribution >= 0.6 is 0 Å². The molecule has 0 spiro atoms. The van der Waals surface area contributed by atoms with Gasteiger partial charge in [0.05, 0.1) is 6.10 Å². The van der Waals surface area contributed by atoms with Gasteiger partial charge in [-0.05, 0) is 50.7 Å². The summed E-state index contributed by atoms with van der Waals surface area (Å²) in [4.78, 5) is 6.89. The minimum atomic E-state index is 0.407. The van der Waals surface area contributed by atoms with E-state index in [-0.39, 0.29) is 0 Å². The lowest BCUT2D eigenvalue weighted by atomic mass is 9.98. The molecule has 0 bridgehead atoms. The number of aromatic nitrogens is 1. The molecule has 2 aliphatic rings. The summed E-state index contributed by atoms with van der Waals surface area (Å²) in [6, 6.07) is 4.06. The van der Waals surface area contributed by atoms with Crippen LogP contribution in [0.2, 0.25) is 0 Å². The topological polar surface area (TPSA) is 25.4 Å². The summed E-state index contributed by atoms with van der Waals surface area (Å²) in [6.07, 6.45) is 11.2. The third kappa shape index (κ3) is 2.60. The Labute approximate surface area is 109 Å². The summed E-state index contributed by atoms with van der Waals surface area (Å²) < 4.78 is 6.19. The Kier molecular flexibility index (Phi) is 3.67. The van der Waals surface area contributed by atoms with Crippen molar-refractivity contribution in [1.82, 2.24) is 4.98 Å². The van der Waals surface area contributed by atoms with Crippen LogP contribution in [0.25, 0.3) is 0 Å². The Morgan fingerprint density at radius 1 is 1.06 bits per heavy atom. The summed E-state index contributed by atoms with van der Waals surface area (Å²) in [7, 11) is 0. The van der Waals surface area contributed by atoms with Crippen molar-refractivity contribution in [3.63, 3.8) is 0 Å². The molecule has 3 nitrogen and oxygen atoms in total. The zero-order chi connectivity index (χ0) is 12.2. The van der Waals surface area contributed by atoms with E-state index in [0.29, 0.717) is 6.10 Å². The van der Waals surface area contributed by atoms with E-state index in [1.165, 1.54) is 44.9 Å². The second kappa shape index (κ2) is 5.59. The molecule has 0 amide bonds. The van der Waals surface area contributed by atoms with Gasteiger partial charge in [0.25, 0.3) is 0 Å². The highest BCUT2D eigenvalue weighted by molar-refractivity contribution is 5.52. The average Bonchev–Trinajstić information content (AvgIpc) is 2.94. The molecule has 1 aliphatic carbocycles. The van der Waals surface area contributed by atoms with E-state index >= 15 is 0 Å². The molecule has 3 heteroatoms. The van der Waals surface area contributed by atoms with E-state index < -0.39 is 0 Å². The zero-order valence-electron chi connectivity index (χ0n) is 11.0. The van der Waals surface area contributed by atoms with E-state index in [9.17, 15) is 0 Å². The van der Waals surface area contributed by atoms with Crippen LogP contribution in [-0.4, -0.2) is 24.2 Å². The van der Waals surface area contributed by atoms with E-state index in [4.69, 9.17) is 4.74 Å². The molecule has 0 unspecified atom stereocenters. The van der Waals surface area contributed by atoms with Gasteiger partial charge >= 0.3 is 0 Å². The van der Waals surface area contributed by atoms with Crippen LogP contribution in [0.1, 0.15) is 44.9 Å². The average molecular weight is 246 g/mol. The summed E-state index contributed by atoms with van der Waals surface area (Å²) in [5.74, 6) is 2.05. The van der Waals surface area contributed by atoms with Crippen LogP contribution in [0.3, 0.4) is 0 Å². The Balaban J connectivity index is 1.73. The molecule has 1 aliphatic heterocycles. The molecule has 0 atom stereocenters.